The van der Waals surface area contributed by atoms with Gasteiger partial charge in [-0.3, -0.25) is 79.4 Å². The van der Waals surface area contributed by atoms with E-state index in [9.17, 15) is 24.0 Å². The molecule has 3 aliphatic heterocycles. The topological polar surface area (TPSA) is 386 Å². The van der Waals surface area contributed by atoms with E-state index in [1.165, 1.54) is 37.0 Å². The van der Waals surface area contributed by atoms with E-state index < -0.39 is 0 Å². The Hall–Kier alpha value is -15.5. The molecule has 0 aliphatic carbocycles. The Bertz CT molecular complexity index is 6290. The Morgan fingerprint density at radius 3 is 0.902 bits per heavy atom. The summed E-state index contributed by atoms with van der Waals surface area (Å²) in [6, 6.07) is 46.2. The van der Waals surface area contributed by atoms with Gasteiger partial charge in [0.25, 0.3) is 23.6 Å². The maximum atomic E-state index is 12.8. The number of H-pyrrole nitrogens is 4. The number of pyridine rings is 8. The second kappa shape index (κ2) is 37.2. The molecular formula is C92H89N25O6. The van der Waals surface area contributed by atoms with Crippen molar-refractivity contribution in [1.82, 2.24) is 85.6 Å². The van der Waals surface area contributed by atoms with Crippen LogP contribution in [0, 0.1) is 27.7 Å². The number of aromatic amines is 4. The first-order valence-corrected chi connectivity index (χ1v) is 40.4. The molecule has 3 aliphatic rings. The number of urea groups is 1. The fourth-order valence-electron chi connectivity index (χ4n) is 14.5. The lowest BCUT2D eigenvalue weighted by Crippen LogP contribution is -2.36. The average molecular weight is 1640 g/mol. The highest BCUT2D eigenvalue weighted by molar-refractivity contribution is 6.15. The van der Waals surface area contributed by atoms with Crippen molar-refractivity contribution >= 4 is 119 Å². The number of carbonyl (C=O) groups excluding carboxylic acids is 5. The number of aryl methyl sites for hydroxylation is 4. The summed E-state index contributed by atoms with van der Waals surface area (Å²) in [5.41, 5.74) is 22.2. The predicted molar refractivity (Wildman–Crippen MR) is 478 cm³/mol. The number of hydrogen-bond donors (Lipinski definition) is 9. The lowest BCUT2D eigenvalue weighted by molar-refractivity contribution is 0.101. The number of carbonyl (C=O) groups is 5. The van der Waals surface area contributed by atoms with Gasteiger partial charge in [-0.05, 0) is 203 Å². The van der Waals surface area contributed by atoms with E-state index in [0.717, 1.165) is 175 Å². The van der Waals surface area contributed by atoms with Crippen LogP contribution < -0.4 is 41.3 Å². The van der Waals surface area contributed by atoms with Crippen LogP contribution in [0.25, 0.3) is 88.1 Å². The van der Waals surface area contributed by atoms with Crippen molar-refractivity contribution in [2.24, 2.45) is 0 Å². The molecule has 3 fully saturated rings. The number of hydrogen-bond acceptors (Lipinski definition) is 21. The number of benzene rings is 4. The third-order valence-electron chi connectivity index (χ3n) is 21.3. The van der Waals surface area contributed by atoms with E-state index in [-0.39, 0.29) is 35.4 Å². The fourth-order valence-corrected chi connectivity index (χ4v) is 14.5. The van der Waals surface area contributed by atoms with Crippen LogP contribution in [0.15, 0.2) is 220 Å². The van der Waals surface area contributed by atoms with Crippen molar-refractivity contribution in [3.8, 4) is 44.5 Å². The van der Waals surface area contributed by atoms with E-state index in [4.69, 9.17) is 4.74 Å². The number of amides is 6. The van der Waals surface area contributed by atoms with E-state index in [2.05, 4.69) is 140 Å². The molecule has 15 heterocycles. The lowest BCUT2D eigenvalue weighted by atomic mass is 10.0. The number of rotatable bonds is 16. The molecule has 12 aromatic heterocycles. The molecular weight excluding hydrogens is 1550 g/mol. The smallest absolute Gasteiger partial charge is 0.321 e. The highest BCUT2D eigenvalue weighted by Gasteiger charge is 2.24. The third kappa shape index (κ3) is 19.6. The number of piperidine rings is 1. The Labute approximate surface area is 707 Å². The van der Waals surface area contributed by atoms with E-state index in [0.29, 0.717) is 50.9 Å². The molecule has 31 heteroatoms. The SMILES string of the molecule is Cc1ccc(NC(=O)c2n[nH]c3ccc(-c4cncc(N5CCCC5)c4)cc23)cn1.Cc1ccc(NC(=O)c2n[nH]c3ccc(-c4cncc(N5CCCCC5)c4)cc23)cn1.Cc1ccc(NC(=O)c2n[nH]c3ccc(-c4cncc(N5CCOCC5)c4)cc23)cn1.Cc1ccc(NC(=O)c2n[nH]c3ccc(-c4cncc(NC(=O)N(C)C)c4)cc23)cn1. The zero-order valence-corrected chi connectivity index (χ0v) is 68.6. The Kier molecular flexibility index (Phi) is 24.6. The van der Waals surface area contributed by atoms with Crippen molar-refractivity contribution in [3.05, 3.63) is 266 Å². The molecule has 0 spiro atoms. The number of ether oxygens (including phenoxy) is 1. The van der Waals surface area contributed by atoms with Crippen LogP contribution in [0.5, 0.6) is 0 Å². The Morgan fingerprint density at radius 1 is 0.309 bits per heavy atom. The minimum absolute atomic E-state index is 0.242. The molecule has 0 saturated carbocycles. The summed E-state index contributed by atoms with van der Waals surface area (Å²) in [5.74, 6) is -1.16. The number of aromatic nitrogens is 16. The molecule has 19 rings (SSSR count). The maximum absolute atomic E-state index is 12.8. The molecule has 0 unspecified atom stereocenters. The standard InChI is InChI=1S/C24H24N6O.C23H22N6O2.C23H22N6O.C22H21N7O2/c1-16-5-7-19(14-26-16)27-24(31)23-21-12-17(6-8-22(21)28-29-23)18-11-20(15-25-13-18)30-9-3-2-4-10-30;1-15-2-4-18(13-25-15)26-23(30)22-20-11-16(3-5-21(20)27-28-22)17-10-19(14-24-12-17)29-6-8-31-9-7-29;1-15-4-6-18(13-25-15)26-23(30)22-20-11-16(5-7-21(20)27-28-22)17-10-19(14-24-12-17)29-8-2-3-9-29;1-13-4-6-16(12-24-13)25-21(30)20-18-9-14(5-7-19(18)27-28-20)15-8-17(11-23-10-15)26-22(31)29(2)3/h5-8,11-15H,2-4,9-10H2,1H3,(H,27,31)(H,28,29);2-5,10-14H,6-9H2,1H3,(H,26,30)(H,27,28);4-7,10-14H,2-3,8-9H2,1H3,(H,26,30)(H,27,28);4-12H,1-3H3,(H,25,30)(H,26,31)(H,27,28). The molecule has 123 heavy (non-hydrogen) atoms. The highest BCUT2D eigenvalue weighted by atomic mass is 16.5. The van der Waals surface area contributed by atoms with Gasteiger partial charge in [0.2, 0.25) is 0 Å². The second-order valence-electron chi connectivity index (χ2n) is 30.3. The quantitative estimate of drug-likeness (QED) is 0.0434. The van der Waals surface area contributed by atoms with Gasteiger partial charge >= 0.3 is 6.03 Å². The van der Waals surface area contributed by atoms with Crippen LogP contribution in [-0.2, 0) is 4.74 Å². The zero-order valence-electron chi connectivity index (χ0n) is 68.6. The van der Waals surface area contributed by atoms with Crippen molar-refractivity contribution < 1.29 is 28.7 Å². The van der Waals surface area contributed by atoms with Gasteiger partial charge < -0.3 is 50.9 Å². The molecule has 3 saturated heterocycles. The van der Waals surface area contributed by atoms with E-state index >= 15 is 0 Å². The number of nitrogens with zero attached hydrogens (tertiary/aromatic N) is 16. The molecule has 0 atom stereocenters. The van der Waals surface area contributed by atoms with Crippen molar-refractivity contribution in [2.75, 3.05) is 108 Å². The third-order valence-corrected chi connectivity index (χ3v) is 21.3. The Morgan fingerprint density at radius 2 is 0.602 bits per heavy atom. The number of anilines is 8. The van der Waals surface area contributed by atoms with E-state index in [1.807, 2.05) is 186 Å². The first kappa shape index (κ1) is 81.2. The summed E-state index contributed by atoms with van der Waals surface area (Å²) >= 11 is 0. The minimum Gasteiger partial charge on any atom is -0.378 e. The van der Waals surface area contributed by atoms with Crippen molar-refractivity contribution in [2.45, 2.75) is 59.8 Å². The van der Waals surface area contributed by atoms with Crippen molar-refractivity contribution in [3.63, 3.8) is 0 Å². The summed E-state index contributed by atoms with van der Waals surface area (Å²) in [6.45, 7) is 15.0. The lowest BCUT2D eigenvalue weighted by Gasteiger charge is -2.28. The van der Waals surface area contributed by atoms with Gasteiger partial charge in [-0.25, -0.2) is 4.79 Å². The molecule has 0 radical (unpaired) electrons. The first-order chi connectivity index (χ1) is 59.9. The molecule has 31 nitrogen and oxygen atoms in total. The summed E-state index contributed by atoms with van der Waals surface area (Å²) in [6.07, 6.45) is 27.3. The summed E-state index contributed by atoms with van der Waals surface area (Å²) < 4.78 is 5.45. The highest BCUT2D eigenvalue weighted by Crippen LogP contribution is 2.35. The predicted octanol–water partition coefficient (Wildman–Crippen LogP) is 15.8. The largest absolute Gasteiger partial charge is 0.378 e. The van der Waals surface area contributed by atoms with Gasteiger partial charge in [0.05, 0.1) is 130 Å². The van der Waals surface area contributed by atoms with Gasteiger partial charge in [0.15, 0.2) is 22.8 Å². The van der Waals surface area contributed by atoms with Crippen LogP contribution >= 0.6 is 0 Å². The average Bonchev–Trinajstić information content (AvgIpc) is 1.67. The van der Waals surface area contributed by atoms with Crippen molar-refractivity contribution in [1.29, 1.82) is 0 Å². The summed E-state index contributed by atoms with van der Waals surface area (Å²) in [5, 5.41) is 45.8. The van der Waals surface area contributed by atoms with Gasteiger partial charge in [-0.1, -0.05) is 24.3 Å². The molecule has 618 valence electrons. The first-order valence-electron chi connectivity index (χ1n) is 40.4. The van der Waals surface area contributed by atoms with Gasteiger partial charge in [0, 0.05) is 145 Å². The minimum atomic E-state index is -0.334. The molecule has 0 bridgehead atoms. The van der Waals surface area contributed by atoms with Crippen LogP contribution in [0.2, 0.25) is 0 Å². The summed E-state index contributed by atoms with van der Waals surface area (Å²) in [4.78, 5) is 106. The van der Waals surface area contributed by atoms with Crippen LogP contribution in [0.1, 0.15) is 96.8 Å². The van der Waals surface area contributed by atoms with Gasteiger partial charge in [-0.2, -0.15) is 20.4 Å². The normalized spacial score (nSPS) is 13.1. The molecule has 4 aromatic carbocycles. The van der Waals surface area contributed by atoms with Gasteiger partial charge in [-0.15, -0.1) is 0 Å². The number of morpholine rings is 1. The number of fused-ring (bicyclic) bond motifs is 4. The zero-order chi connectivity index (χ0) is 84.9. The van der Waals surface area contributed by atoms with E-state index in [1.54, 1.807) is 57.3 Å². The molecule has 16 aromatic rings. The Balaban J connectivity index is 0.000000121. The van der Waals surface area contributed by atoms with Crippen LogP contribution in [-0.4, -0.2) is 182 Å². The second-order valence-corrected chi connectivity index (χ2v) is 30.3. The maximum Gasteiger partial charge on any atom is 0.321 e. The molecule has 6 amide bonds. The fraction of sp³-hybridized carbons (Fsp3) is 0.207. The monoisotopic (exact) mass is 1640 g/mol. The number of nitrogens with one attached hydrogen (secondary N) is 9. The van der Waals surface area contributed by atoms with Crippen LogP contribution in [0.4, 0.5) is 50.3 Å². The van der Waals surface area contributed by atoms with Gasteiger partial charge in [0.1, 0.15) is 0 Å². The summed E-state index contributed by atoms with van der Waals surface area (Å²) in [7, 11) is 3.33. The molecule has 9 N–H and O–H groups in total. The van der Waals surface area contributed by atoms with Crippen LogP contribution in [0.3, 0.4) is 0 Å².